The molecule has 1 aliphatic heterocycles. The van der Waals surface area contributed by atoms with Gasteiger partial charge in [-0.05, 0) is 29.6 Å². The highest BCUT2D eigenvalue weighted by Crippen LogP contribution is 2.31. The van der Waals surface area contributed by atoms with E-state index in [4.69, 9.17) is 4.52 Å². The van der Waals surface area contributed by atoms with E-state index < -0.39 is 0 Å². The lowest BCUT2D eigenvalue weighted by Crippen LogP contribution is -2.23. The topological polar surface area (TPSA) is 75.0 Å². The van der Waals surface area contributed by atoms with Crippen LogP contribution in [0.25, 0.3) is 22.4 Å². The molecule has 5 rings (SSSR count). The van der Waals surface area contributed by atoms with Crippen molar-refractivity contribution in [1.29, 1.82) is 0 Å². The summed E-state index contributed by atoms with van der Waals surface area (Å²) in [4.78, 5) is 23.2. The molecule has 1 aromatic carbocycles. The summed E-state index contributed by atoms with van der Waals surface area (Å²) in [5.74, 6) is 1.22. The molecule has 1 saturated heterocycles. The number of fused-ring (bicyclic) bond motifs is 1. The monoisotopic (exact) mass is 364 g/mol. The second-order valence-corrected chi connectivity index (χ2v) is 7.49. The van der Waals surface area contributed by atoms with Crippen molar-refractivity contribution >= 4 is 28.1 Å². The smallest absolute Gasteiger partial charge is 0.258 e. The number of carbonyl (C=O) groups is 1. The first-order chi connectivity index (χ1) is 12.8. The van der Waals surface area contributed by atoms with Crippen LogP contribution < -0.4 is 0 Å². The van der Waals surface area contributed by atoms with Crippen LogP contribution in [0.15, 0.2) is 52.5 Å². The molecule has 1 fully saturated rings. The average molecular weight is 364 g/mol. The fourth-order valence-corrected chi connectivity index (χ4v) is 4.19. The molecular weight excluding hydrogens is 348 g/mol. The predicted octanol–water partition coefficient (Wildman–Crippen LogP) is 3.80. The van der Waals surface area contributed by atoms with E-state index >= 15 is 0 Å². The van der Waals surface area contributed by atoms with Gasteiger partial charge in [0, 0.05) is 46.4 Å². The molecule has 0 aliphatic carbocycles. The number of aromatic nitrogens is 3. The first kappa shape index (κ1) is 15.3. The lowest BCUT2D eigenvalue weighted by molar-refractivity contribution is -0.128. The van der Waals surface area contributed by atoms with Gasteiger partial charge in [-0.3, -0.25) is 4.79 Å². The Morgan fingerprint density at radius 3 is 3.12 bits per heavy atom. The molecule has 1 atom stereocenters. The van der Waals surface area contributed by atoms with E-state index in [0.717, 1.165) is 16.5 Å². The number of amides is 1. The van der Waals surface area contributed by atoms with Crippen molar-refractivity contribution in [3.63, 3.8) is 0 Å². The number of nitrogens with one attached hydrogen (secondary N) is 1. The summed E-state index contributed by atoms with van der Waals surface area (Å²) >= 11 is 1.67. The molecule has 1 unspecified atom stereocenters. The van der Waals surface area contributed by atoms with Gasteiger partial charge in [-0.2, -0.15) is 4.98 Å². The number of H-pyrrole nitrogens is 1. The van der Waals surface area contributed by atoms with E-state index in [1.165, 1.54) is 4.88 Å². The molecule has 6 nitrogen and oxygen atoms in total. The third-order valence-corrected chi connectivity index (χ3v) is 5.63. The fraction of sp³-hybridized carbons (Fsp3) is 0.211. The van der Waals surface area contributed by atoms with E-state index in [2.05, 4.69) is 21.2 Å². The minimum absolute atomic E-state index is 0.0228. The number of hydrogen-bond donors (Lipinski definition) is 1. The number of rotatable bonds is 4. The summed E-state index contributed by atoms with van der Waals surface area (Å²) in [6.07, 6.45) is 2.32. The van der Waals surface area contributed by atoms with Crippen LogP contribution in [0.4, 0.5) is 0 Å². The Morgan fingerprint density at radius 1 is 1.27 bits per heavy atom. The van der Waals surface area contributed by atoms with Crippen molar-refractivity contribution < 1.29 is 9.32 Å². The SMILES string of the molecule is O=C1CC(c2noc(-c3cccc4[nH]ccc34)n2)CN1Cc1cccs1. The second kappa shape index (κ2) is 6.10. The highest BCUT2D eigenvalue weighted by atomic mass is 32.1. The van der Waals surface area contributed by atoms with E-state index in [1.807, 2.05) is 46.8 Å². The number of thiophene rings is 1. The Morgan fingerprint density at radius 2 is 2.23 bits per heavy atom. The minimum atomic E-state index is -0.0228. The van der Waals surface area contributed by atoms with Gasteiger partial charge in [0.2, 0.25) is 5.91 Å². The fourth-order valence-electron chi connectivity index (χ4n) is 3.47. The minimum Gasteiger partial charge on any atom is -0.361 e. The van der Waals surface area contributed by atoms with E-state index in [9.17, 15) is 4.79 Å². The lowest BCUT2D eigenvalue weighted by Gasteiger charge is -2.14. The quantitative estimate of drug-likeness (QED) is 0.598. The largest absolute Gasteiger partial charge is 0.361 e. The van der Waals surface area contributed by atoms with Gasteiger partial charge >= 0.3 is 0 Å². The number of hydrogen-bond acceptors (Lipinski definition) is 5. The van der Waals surface area contributed by atoms with E-state index in [-0.39, 0.29) is 11.8 Å². The molecule has 0 spiro atoms. The average Bonchev–Trinajstić information content (AvgIpc) is 3.43. The van der Waals surface area contributed by atoms with Crippen molar-refractivity contribution in [3.05, 3.63) is 58.7 Å². The molecule has 0 saturated carbocycles. The van der Waals surface area contributed by atoms with Gasteiger partial charge in [0.15, 0.2) is 5.82 Å². The molecule has 7 heteroatoms. The molecule has 4 aromatic rings. The first-order valence-corrected chi connectivity index (χ1v) is 9.36. The zero-order valence-corrected chi connectivity index (χ0v) is 14.7. The summed E-state index contributed by atoms with van der Waals surface area (Å²) < 4.78 is 5.51. The third-order valence-electron chi connectivity index (χ3n) is 4.77. The summed E-state index contributed by atoms with van der Waals surface area (Å²) in [7, 11) is 0. The number of benzene rings is 1. The predicted molar refractivity (Wildman–Crippen MR) is 98.7 cm³/mol. The maximum Gasteiger partial charge on any atom is 0.258 e. The molecule has 0 bridgehead atoms. The highest BCUT2D eigenvalue weighted by molar-refractivity contribution is 7.09. The summed E-state index contributed by atoms with van der Waals surface area (Å²) in [6.45, 7) is 1.28. The van der Waals surface area contributed by atoms with Crippen molar-refractivity contribution in [2.75, 3.05) is 6.54 Å². The highest BCUT2D eigenvalue weighted by Gasteiger charge is 2.34. The summed E-state index contributed by atoms with van der Waals surface area (Å²) in [5.41, 5.74) is 1.93. The van der Waals surface area contributed by atoms with Crippen LogP contribution in [-0.2, 0) is 11.3 Å². The molecular formula is C19H16N4O2S. The maximum atomic E-state index is 12.3. The van der Waals surface area contributed by atoms with Gasteiger partial charge in [0.1, 0.15) is 0 Å². The second-order valence-electron chi connectivity index (χ2n) is 6.46. The van der Waals surface area contributed by atoms with Gasteiger partial charge < -0.3 is 14.4 Å². The molecule has 130 valence electrons. The van der Waals surface area contributed by atoms with Gasteiger partial charge in [-0.25, -0.2) is 0 Å². The number of nitrogens with zero attached hydrogens (tertiary/aromatic N) is 3. The normalized spacial score (nSPS) is 17.5. The Balaban J connectivity index is 1.39. The van der Waals surface area contributed by atoms with Gasteiger partial charge in [-0.1, -0.05) is 17.3 Å². The maximum absolute atomic E-state index is 12.3. The van der Waals surface area contributed by atoms with Crippen LogP contribution in [0.3, 0.4) is 0 Å². The first-order valence-electron chi connectivity index (χ1n) is 8.48. The van der Waals surface area contributed by atoms with E-state index in [1.54, 1.807) is 11.3 Å². The van der Waals surface area contributed by atoms with Crippen molar-refractivity contribution in [2.45, 2.75) is 18.9 Å². The molecule has 26 heavy (non-hydrogen) atoms. The van der Waals surface area contributed by atoms with Crippen LogP contribution in [0, 0.1) is 0 Å². The van der Waals surface area contributed by atoms with Gasteiger partial charge in [-0.15, -0.1) is 11.3 Å². The number of likely N-dealkylation sites (tertiary alicyclic amines) is 1. The third kappa shape index (κ3) is 2.61. The molecule has 4 heterocycles. The van der Waals surface area contributed by atoms with Gasteiger partial charge in [0.05, 0.1) is 6.54 Å². The Kier molecular flexibility index (Phi) is 3.60. The zero-order valence-electron chi connectivity index (χ0n) is 13.9. The van der Waals surface area contributed by atoms with Crippen molar-refractivity contribution in [3.8, 4) is 11.5 Å². The van der Waals surface area contributed by atoms with E-state index in [0.29, 0.717) is 31.2 Å². The van der Waals surface area contributed by atoms with Crippen molar-refractivity contribution in [2.24, 2.45) is 0 Å². The van der Waals surface area contributed by atoms with Gasteiger partial charge in [0.25, 0.3) is 5.89 Å². The Bertz CT molecular complexity index is 1070. The molecule has 1 aliphatic rings. The molecule has 1 amide bonds. The Labute approximate surface area is 153 Å². The van der Waals surface area contributed by atoms with Crippen LogP contribution in [-0.4, -0.2) is 32.5 Å². The van der Waals surface area contributed by atoms with Crippen molar-refractivity contribution in [1.82, 2.24) is 20.0 Å². The molecule has 0 radical (unpaired) electrons. The molecule has 1 N–H and O–H groups in total. The number of aromatic amines is 1. The van der Waals surface area contributed by atoms with Crippen LogP contribution >= 0.6 is 11.3 Å². The standard InChI is InChI=1S/C19H16N4O2S/c24-17-9-12(10-23(17)11-13-3-2-8-26-13)18-21-19(25-22-18)15-4-1-5-16-14(15)6-7-20-16/h1-8,12,20H,9-11H2. The summed E-state index contributed by atoms with van der Waals surface area (Å²) in [5, 5.41) is 7.23. The van der Waals surface area contributed by atoms with Crippen LogP contribution in [0.1, 0.15) is 23.0 Å². The van der Waals surface area contributed by atoms with Crippen LogP contribution in [0.2, 0.25) is 0 Å². The Hall–Kier alpha value is -2.93. The number of carbonyl (C=O) groups excluding carboxylic acids is 1. The lowest BCUT2D eigenvalue weighted by atomic mass is 10.1. The summed E-state index contributed by atoms with van der Waals surface area (Å²) in [6, 6.07) is 12.0. The van der Waals surface area contributed by atoms with Crippen LogP contribution in [0.5, 0.6) is 0 Å². The molecule has 3 aromatic heterocycles. The zero-order chi connectivity index (χ0) is 17.5.